The Morgan fingerprint density at radius 2 is 2.00 bits per heavy atom. The highest BCUT2D eigenvalue weighted by molar-refractivity contribution is 6.32. The second-order valence-corrected chi connectivity index (χ2v) is 5.29. The number of aliphatic hydroxyl groups is 2. The van der Waals surface area contributed by atoms with Gasteiger partial charge in [0, 0.05) is 5.56 Å². The van der Waals surface area contributed by atoms with Gasteiger partial charge in [-0.15, -0.1) is 0 Å². The predicted octanol–water partition coefficient (Wildman–Crippen LogP) is 0.974. The standard InChI is InChI=1S/C14H18ClNO5/c1-2-14(7-17,8-18)16-13(19)9-5-10(15)12-11(6-9)20-3-4-21-12/h5-6,17-18H,2-4,7-8H2,1H3,(H,16,19). The molecule has 7 heteroatoms. The van der Waals surface area contributed by atoms with Crippen molar-refractivity contribution in [3.63, 3.8) is 0 Å². The average molecular weight is 316 g/mol. The lowest BCUT2D eigenvalue weighted by atomic mass is 9.97. The van der Waals surface area contributed by atoms with Gasteiger partial charge in [0.2, 0.25) is 0 Å². The van der Waals surface area contributed by atoms with Crippen LogP contribution in [0, 0.1) is 0 Å². The quantitative estimate of drug-likeness (QED) is 0.753. The maximum atomic E-state index is 12.3. The Bertz CT molecular complexity index is 522. The van der Waals surface area contributed by atoms with Gasteiger partial charge in [0.25, 0.3) is 5.91 Å². The number of nitrogens with one attached hydrogen (secondary N) is 1. The Balaban J connectivity index is 2.25. The summed E-state index contributed by atoms with van der Waals surface area (Å²) in [4.78, 5) is 12.3. The summed E-state index contributed by atoms with van der Waals surface area (Å²) in [5.74, 6) is 0.387. The van der Waals surface area contributed by atoms with Gasteiger partial charge in [0.05, 0.1) is 23.8 Å². The van der Waals surface area contributed by atoms with E-state index in [0.29, 0.717) is 31.1 Å². The van der Waals surface area contributed by atoms with E-state index in [1.165, 1.54) is 12.1 Å². The summed E-state index contributed by atoms with van der Waals surface area (Å²) in [6, 6.07) is 3.00. The van der Waals surface area contributed by atoms with E-state index in [4.69, 9.17) is 21.1 Å². The molecular weight excluding hydrogens is 298 g/mol. The zero-order valence-corrected chi connectivity index (χ0v) is 12.4. The van der Waals surface area contributed by atoms with Crippen molar-refractivity contribution >= 4 is 17.5 Å². The van der Waals surface area contributed by atoms with E-state index >= 15 is 0 Å². The van der Waals surface area contributed by atoms with Crippen LogP contribution in [0.15, 0.2) is 12.1 Å². The van der Waals surface area contributed by atoms with Crippen molar-refractivity contribution in [1.82, 2.24) is 5.32 Å². The number of aliphatic hydroxyl groups excluding tert-OH is 2. The fraction of sp³-hybridized carbons (Fsp3) is 0.500. The van der Waals surface area contributed by atoms with Gasteiger partial charge in [0.15, 0.2) is 11.5 Å². The highest BCUT2D eigenvalue weighted by atomic mass is 35.5. The summed E-state index contributed by atoms with van der Waals surface area (Å²) in [6.45, 7) is 1.85. The molecule has 1 aliphatic rings. The fourth-order valence-electron chi connectivity index (χ4n) is 2.00. The minimum atomic E-state index is -1.06. The second kappa shape index (κ2) is 6.51. The van der Waals surface area contributed by atoms with Gasteiger partial charge >= 0.3 is 0 Å². The van der Waals surface area contributed by atoms with Crippen molar-refractivity contribution in [3.8, 4) is 11.5 Å². The number of hydrogen-bond acceptors (Lipinski definition) is 5. The van der Waals surface area contributed by atoms with Gasteiger partial charge in [-0.3, -0.25) is 4.79 Å². The smallest absolute Gasteiger partial charge is 0.252 e. The van der Waals surface area contributed by atoms with E-state index in [2.05, 4.69) is 5.32 Å². The first kappa shape index (κ1) is 15.9. The van der Waals surface area contributed by atoms with Crippen LogP contribution < -0.4 is 14.8 Å². The van der Waals surface area contributed by atoms with Crippen LogP contribution >= 0.6 is 11.6 Å². The minimum Gasteiger partial charge on any atom is -0.486 e. The largest absolute Gasteiger partial charge is 0.486 e. The molecule has 0 spiro atoms. The molecule has 116 valence electrons. The number of rotatable bonds is 5. The molecule has 1 heterocycles. The third-order valence-corrected chi connectivity index (χ3v) is 3.80. The Labute approximate surface area is 127 Å². The van der Waals surface area contributed by atoms with Crippen LogP contribution in [0.25, 0.3) is 0 Å². The van der Waals surface area contributed by atoms with Crippen LogP contribution in [0.1, 0.15) is 23.7 Å². The molecule has 0 aliphatic carbocycles. The number of halogens is 1. The zero-order chi connectivity index (χ0) is 15.5. The average Bonchev–Trinajstić information content (AvgIpc) is 2.52. The van der Waals surface area contributed by atoms with E-state index in [1.54, 1.807) is 6.92 Å². The zero-order valence-electron chi connectivity index (χ0n) is 11.7. The number of hydrogen-bond donors (Lipinski definition) is 3. The Morgan fingerprint density at radius 3 is 2.62 bits per heavy atom. The van der Waals surface area contributed by atoms with Crippen LogP contribution in [0.5, 0.6) is 11.5 Å². The molecule has 1 aromatic rings. The lowest BCUT2D eigenvalue weighted by Crippen LogP contribution is -2.53. The highest BCUT2D eigenvalue weighted by Crippen LogP contribution is 2.38. The van der Waals surface area contributed by atoms with Crippen molar-refractivity contribution in [3.05, 3.63) is 22.7 Å². The van der Waals surface area contributed by atoms with Crippen molar-refractivity contribution in [2.24, 2.45) is 0 Å². The molecule has 21 heavy (non-hydrogen) atoms. The molecule has 0 atom stereocenters. The Morgan fingerprint density at radius 1 is 1.33 bits per heavy atom. The van der Waals surface area contributed by atoms with E-state index in [0.717, 1.165) is 0 Å². The second-order valence-electron chi connectivity index (χ2n) is 4.89. The summed E-state index contributed by atoms with van der Waals surface area (Å²) in [5, 5.41) is 21.7. The summed E-state index contributed by atoms with van der Waals surface area (Å²) in [5.41, 5.74) is -0.777. The number of ether oxygens (including phenoxy) is 2. The van der Waals surface area contributed by atoms with Crippen molar-refractivity contribution < 1.29 is 24.5 Å². The summed E-state index contributed by atoms with van der Waals surface area (Å²) in [7, 11) is 0. The maximum absolute atomic E-state index is 12.3. The van der Waals surface area contributed by atoms with Crippen LogP contribution in [-0.2, 0) is 0 Å². The predicted molar refractivity (Wildman–Crippen MR) is 77.1 cm³/mol. The molecule has 0 radical (unpaired) electrons. The van der Waals surface area contributed by atoms with Crippen LogP contribution in [0.2, 0.25) is 5.02 Å². The number of benzene rings is 1. The molecule has 0 saturated carbocycles. The first-order valence-corrected chi connectivity index (χ1v) is 7.06. The molecule has 1 aromatic carbocycles. The van der Waals surface area contributed by atoms with Crippen molar-refractivity contribution in [1.29, 1.82) is 0 Å². The number of carbonyl (C=O) groups is 1. The third kappa shape index (κ3) is 3.23. The van der Waals surface area contributed by atoms with Crippen molar-refractivity contribution in [2.75, 3.05) is 26.4 Å². The molecule has 0 fully saturated rings. The van der Waals surface area contributed by atoms with E-state index < -0.39 is 11.4 Å². The first-order valence-electron chi connectivity index (χ1n) is 6.68. The summed E-state index contributed by atoms with van der Waals surface area (Å²) < 4.78 is 10.8. The number of fused-ring (bicyclic) bond motifs is 1. The molecular formula is C14H18ClNO5. The van der Waals surface area contributed by atoms with Gasteiger partial charge < -0.3 is 25.0 Å². The SMILES string of the molecule is CCC(CO)(CO)NC(=O)c1cc(Cl)c2c(c1)OCCO2. The molecule has 0 bridgehead atoms. The molecule has 2 rings (SSSR count). The topological polar surface area (TPSA) is 88.0 Å². The summed E-state index contributed by atoms with van der Waals surface area (Å²) in [6.07, 6.45) is 0.393. The molecule has 3 N–H and O–H groups in total. The van der Waals surface area contributed by atoms with Gasteiger partial charge in [-0.2, -0.15) is 0 Å². The third-order valence-electron chi connectivity index (χ3n) is 3.52. The summed E-state index contributed by atoms with van der Waals surface area (Å²) >= 11 is 6.08. The molecule has 1 amide bonds. The molecule has 0 aromatic heterocycles. The molecule has 6 nitrogen and oxygen atoms in total. The lowest BCUT2D eigenvalue weighted by Gasteiger charge is -2.30. The van der Waals surface area contributed by atoms with Gasteiger partial charge in [-0.1, -0.05) is 18.5 Å². The Kier molecular flexibility index (Phi) is 4.92. The lowest BCUT2D eigenvalue weighted by molar-refractivity contribution is 0.0652. The molecule has 0 saturated heterocycles. The normalized spacial score (nSPS) is 13.9. The fourth-order valence-corrected chi connectivity index (χ4v) is 2.26. The molecule has 1 aliphatic heterocycles. The van der Waals surface area contributed by atoms with Crippen LogP contribution in [0.3, 0.4) is 0 Å². The van der Waals surface area contributed by atoms with E-state index in [9.17, 15) is 15.0 Å². The van der Waals surface area contributed by atoms with E-state index in [-0.39, 0.29) is 23.8 Å². The van der Waals surface area contributed by atoms with Crippen LogP contribution in [-0.4, -0.2) is 48.1 Å². The van der Waals surface area contributed by atoms with Crippen LogP contribution in [0.4, 0.5) is 0 Å². The van der Waals surface area contributed by atoms with Gasteiger partial charge in [0.1, 0.15) is 13.2 Å². The number of amides is 1. The Hall–Kier alpha value is -1.50. The number of carbonyl (C=O) groups excluding carboxylic acids is 1. The van der Waals surface area contributed by atoms with E-state index in [1.807, 2.05) is 0 Å². The first-order chi connectivity index (χ1) is 10.0. The highest BCUT2D eigenvalue weighted by Gasteiger charge is 2.30. The maximum Gasteiger partial charge on any atom is 0.252 e. The van der Waals surface area contributed by atoms with Gasteiger partial charge in [-0.05, 0) is 18.6 Å². The van der Waals surface area contributed by atoms with Gasteiger partial charge in [-0.25, -0.2) is 0 Å². The minimum absolute atomic E-state index is 0.281. The monoisotopic (exact) mass is 315 g/mol. The molecule has 0 unspecified atom stereocenters. The van der Waals surface area contributed by atoms with Crippen molar-refractivity contribution in [2.45, 2.75) is 18.9 Å².